The highest BCUT2D eigenvalue weighted by molar-refractivity contribution is 5.93. The van der Waals surface area contributed by atoms with Gasteiger partial charge in [0, 0.05) is 45.1 Å². The molecule has 2 N–H and O–H groups in total. The van der Waals surface area contributed by atoms with Crippen LogP contribution in [0.15, 0.2) is 42.9 Å². The van der Waals surface area contributed by atoms with Gasteiger partial charge in [0.2, 0.25) is 0 Å². The monoisotopic (exact) mass is 365 g/mol. The number of urea groups is 1. The van der Waals surface area contributed by atoms with Crippen molar-refractivity contribution in [1.29, 1.82) is 5.26 Å². The Bertz CT molecular complexity index is 825. The molecule has 2 aromatic rings. The predicted molar refractivity (Wildman–Crippen MR) is 96.0 cm³/mol. The van der Waals surface area contributed by atoms with Crippen molar-refractivity contribution < 1.29 is 9.59 Å². The lowest BCUT2D eigenvalue weighted by Gasteiger charge is -2.34. The van der Waals surface area contributed by atoms with Gasteiger partial charge in [0.05, 0.1) is 17.8 Å². The van der Waals surface area contributed by atoms with Gasteiger partial charge in [0.1, 0.15) is 5.69 Å². The second-order valence-electron chi connectivity index (χ2n) is 6.05. The Kier molecular flexibility index (Phi) is 5.91. The molecule has 0 atom stereocenters. The summed E-state index contributed by atoms with van der Waals surface area (Å²) in [6.07, 6.45) is 4.19. The van der Waals surface area contributed by atoms with E-state index in [0.717, 1.165) is 25.2 Å². The van der Waals surface area contributed by atoms with Crippen LogP contribution in [0.4, 0.5) is 4.79 Å². The van der Waals surface area contributed by atoms with Gasteiger partial charge in [0.15, 0.2) is 0 Å². The Morgan fingerprint density at radius 2 is 1.81 bits per heavy atom. The van der Waals surface area contributed by atoms with E-state index in [1.807, 2.05) is 12.1 Å². The molecule has 0 unspecified atom stereocenters. The van der Waals surface area contributed by atoms with Gasteiger partial charge in [-0.1, -0.05) is 12.1 Å². The zero-order valence-electron chi connectivity index (χ0n) is 14.6. The van der Waals surface area contributed by atoms with E-state index in [1.165, 1.54) is 18.6 Å². The molecule has 0 spiro atoms. The third-order valence-corrected chi connectivity index (χ3v) is 4.23. The summed E-state index contributed by atoms with van der Waals surface area (Å²) in [5.74, 6) is -0.518. The van der Waals surface area contributed by atoms with Crippen LogP contribution in [0.5, 0.6) is 0 Å². The minimum absolute atomic E-state index is 0.130. The summed E-state index contributed by atoms with van der Waals surface area (Å²) in [7, 11) is 0. The molecule has 9 heteroatoms. The van der Waals surface area contributed by atoms with E-state index in [-0.39, 0.29) is 11.7 Å². The first-order valence-corrected chi connectivity index (χ1v) is 8.48. The second kappa shape index (κ2) is 8.73. The number of nitrogens with one attached hydrogen (secondary N) is 2. The lowest BCUT2D eigenvalue weighted by Crippen LogP contribution is -2.55. The molecule has 1 aromatic heterocycles. The number of rotatable bonds is 3. The van der Waals surface area contributed by atoms with Crippen LogP contribution in [0, 0.1) is 11.3 Å². The van der Waals surface area contributed by atoms with E-state index in [4.69, 9.17) is 5.26 Å². The van der Waals surface area contributed by atoms with Gasteiger partial charge in [-0.3, -0.25) is 20.1 Å². The van der Waals surface area contributed by atoms with Gasteiger partial charge in [-0.25, -0.2) is 15.2 Å². The van der Waals surface area contributed by atoms with Crippen molar-refractivity contribution in [3.63, 3.8) is 0 Å². The van der Waals surface area contributed by atoms with E-state index in [0.29, 0.717) is 18.7 Å². The number of hydrogen-bond acceptors (Lipinski definition) is 6. The number of carbonyl (C=O) groups excluding carboxylic acids is 2. The molecule has 1 aromatic carbocycles. The average Bonchev–Trinajstić information content (AvgIpc) is 2.73. The van der Waals surface area contributed by atoms with Gasteiger partial charge < -0.3 is 4.90 Å². The molecule has 0 bridgehead atoms. The lowest BCUT2D eigenvalue weighted by molar-refractivity contribution is 0.0913. The fourth-order valence-corrected chi connectivity index (χ4v) is 2.72. The van der Waals surface area contributed by atoms with Crippen molar-refractivity contribution in [2.75, 3.05) is 26.2 Å². The Hall–Kier alpha value is -3.51. The number of aromatic nitrogens is 2. The largest absolute Gasteiger partial charge is 0.336 e. The van der Waals surface area contributed by atoms with E-state index < -0.39 is 5.91 Å². The Labute approximate surface area is 156 Å². The second-order valence-corrected chi connectivity index (χ2v) is 6.05. The fourth-order valence-electron chi connectivity index (χ4n) is 2.72. The van der Waals surface area contributed by atoms with Crippen LogP contribution >= 0.6 is 0 Å². The highest BCUT2D eigenvalue weighted by Crippen LogP contribution is 2.10. The first-order chi connectivity index (χ1) is 13.2. The van der Waals surface area contributed by atoms with Crippen molar-refractivity contribution in [1.82, 2.24) is 30.6 Å². The minimum atomic E-state index is -0.518. The van der Waals surface area contributed by atoms with Crippen LogP contribution in [-0.4, -0.2) is 57.9 Å². The third-order valence-electron chi connectivity index (χ3n) is 4.23. The molecule has 27 heavy (non-hydrogen) atoms. The molecule has 1 aliphatic rings. The van der Waals surface area contributed by atoms with Crippen molar-refractivity contribution in [2.45, 2.75) is 6.54 Å². The molecule has 0 aliphatic carbocycles. The maximum atomic E-state index is 12.2. The highest BCUT2D eigenvalue weighted by Gasteiger charge is 2.21. The molecule has 1 aliphatic heterocycles. The first kappa shape index (κ1) is 18.3. The number of nitriles is 1. The molecule has 3 rings (SSSR count). The van der Waals surface area contributed by atoms with Crippen molar-refractivity contribution in [3.8, 4) is 6.07 Å². The summed E-state index contributed by atoms with van der Waals surface area (Å²) in [4.78, 5) is 35.6. The van der Waals surface area contributed by atoms with Crippen LogP contribution in [0.25, 0.3) is 0 Å². The maximum Gasteiger partial charge on any atom is 0.336 e. The van der Waals surface area contributed by atoms with Crippen LogP contribution in [-0.2, 0) is 6.54 Å². The quantitative estimate of drug-likeness (QED) is 0.767. The fraction of sp³-hybridized carbons (Fsp3) is 0.278. The van der Waals surface area contributed by atoms with Gasteiger partial charge in [-0.2, -0.15) is 5.26 Å². The molecule has 138 valence electrons. The third kappa shape index (κ3) is 4.99. The molecular weight excluding hydrogens is 346 g/mol. The van der Waals surface area contributed by atoms with Gasteiger partial charge in [0.25, 0.3) is 5.91 Å². The number of benzene rings is 1. The topological polar surface area (TPSA) is 114 Å². The Balaban J connectivity index is 1.42. The molecule has 3 amide bonds. The van der Waals surface area contributed by atoms with E-state index in [1.54, 1.807) is 17.0 Å². The number of piperazine rings is 1. The summed E-state index contributed by atoms with van der Waals surface area (Å²) in [6, 6.07) is 9.25. The van der Waals surface area contributed by atoms with Crippen LogP contribution in [0.3, 0.4) is 0 Å². The first-order valence-electron chi connectivity index (χ1n) is 8.48. The van der Waals surface area contributed by atoms with Gasteiger partial charge in [-0.15, -0.1) is 0 Å². The van der Waals surface area contributed by atoms with Crippen molar-refractivity contribution in [3.05, 3.63) is 59.7 Å². The van der Waals surface area contributed by atoms with E-state index in [2.05, 4.69) is 31.8 Å². The normalized spacial score (nSPS) is 14.3. The number of hydrazine groups is 1. The van der Waals surface area contributed by atoms with E-state index >= 15 is 0 Å². The molecule has 1 fully saturated rings. The van der Waals surface area contributed by atoms with Crippen molar-refractivity contribution >= 4 is 11.9 Å². The maximum absolute atomic E-state index is 12.2. The summed E-state index contributed by atoms with van der Waals surface area (Å²) >= 11 is 0. The lowest BCUT2D eigenvalue weighted by atomic mass is 10.1. The van der Waals surface area contributed by atoms with Crippen molar-refractivity contribution in [2.24, 2.45) is 0 Å². The minimum Gasteiger partial charge on any atom is -0.321 e. The van der Waals surface area contributed by atoms with Crippen LogP contribution < -0.4 is 10.9 Å². The standard InChI is InChI=1S/C18H19N7O2/c19-11-14-1-3-15(4-2-14)13-24-7-9-25(10-8-24)18(27)23-22-17(26)16-12-20-5-6-21-16/h1-6,12H,7-10,13H2,(H,22,26)(H,23,27). The van der Waals surface area contributed by atoms with Gasteiger partial charge in [-0.05, 0) is 17.7 Å². The zero-order valence-corrected chi connectivity index (χ0v) is 14.6. The summed E-state index contributed by atoms with van der Waals surface area (Å²) in [5, 5.41) is 8.84. The summed E-state index contributed by atoms with van der Waals surface area (Å²) in [5.41, 5.74) is 6.63. The van der Waals surface area contributed by atoms with E-state index in [9.17, 15) is 9.59 Å². The summed E-state index contributed by atoms with van der Waals surface area (Å²) < 4.78 is 0. The average molecular weight is 365 g/mol. The smallest absolute Gasteiger partial charge is 0.321 e. The molecular formula is C18H19N7O2. The van der Waals surface area contributed by atoms with Crippen LogP contribution in [0.2, 0.25) is 0 Å². The molecule has 9 nitrogen and oxygen atoms in total. The molecule has 0 radical (unpaired) electrons. The Morgan fingerprint density at radius 3 is 2.44 bits per heavy atom. The predicted octanol–water partition coefficient (Wildman–Crippen LogP) is 0.520. The van der Waals surface area contributed by atoms with Gasteiger partial charge >= 0.3 is 6.03 Å². The number of hydrogen-bond donors (Lipinski definition) is 2. The number of amides is 3. The Morgan fingerprint density at radius 1 is 1.07 bits per heavy atom. The SMILES string of the molecule is N#Cc1ccc(CN2CCN(C(=O)NNC(=O)c3cnccn3)CC2)cc1. The highest BCUT2D eigenvalue weighted by atomic mass is 16.2. The number of nitrogens with zero attached hydrogens (tertiary/aromatic N) is 5. The number of carbonyl (C=O) groups is 2. The molecule has 1 saturated heterocycles. The summed E-state index contributed by atoms with van der Waals surface area (Å²) in [6.45, 7) is 3.34. The van der Waals surface area contributed by atoms with Crippen LogP contribution in [0.1, 0.15) is 21.6 Å². The molecule has 0 saturated carbocycles. The zero-order chi connectivity index (χ0) is 19.1. The molecule has 2 heterocycles.